The van der Waals surface area contributed by atoms with Crippen LogP contribution in [0.4, 0.5) is 8.78 Å². The topological polar surface area (TPSA) is 52.0 Å². The summed E-state index contributed by atoms with van der Waals surface area (Å²) in [5.41, 5.74) is 6.53. The van der Waals surface area contributed by atoms with Gasteiger partial charge in [-0.1, -0.05) is 0 Å². The molecule has 5 heteroatoms. The van der Waals surface area contributed by atoms with Crippen molar-refractivity contribution in [3.63, 3.8) is 0 Å². The third-order valence-electron chi connectivity index (χ3n) is 2.89. The van der Waals surface area contributed by atoms with Crippen LogP contribution in [-0.2, 0) is 0 Å². The van der Waals surface area contributed by atoms with Crippen LogP contribution in [-0.4, -0.2) is 4.98 Å². The highest BCUT2D eigenvalue weighted by Gasteiger charge is 2.19. The summed E-state index contributed by atoms with van der Waals surface area (Å²) in [6.45, 7) is 0. The molecule has 3 rings (SSSR count). The average Bonchev–Trinajstić information content (AvgIpc) is 2.81. The molecule has 0 saturated carbocycles. The summed E-state index contributed by atoms with van der Waals surface area (Å²) in [7, 11) is 0. The minimum absolute atomic E-state index is 0.0991. The van der Waals surface area contributed by atoms with Crippen LogP contribution in [0.15, 0.2) is 47.0 Å². The second-order valence-corrected chi connectivity index (χ2v) is 4.18. The van der Waals surface area contributed by atoms with Gasteiger partial charge in [0.15, 0.2) is 0 Å². The number of benzene rings is 1. The molecule has 0 fully saturated rings. The summed E-state index contributed by atoms with van der Waals surface area (Å²) in [5, 5.41) is 0.585. The van der Waals surface area contributed by atoms with Gasteiger partial charge in [-0.05, 0) is 36.4 Å². The number of fused-ring (bicyclic) bond motifs is 1. The zero-order chi connectivity index (χ0) is 13.4. The van der Waals surface area contributed by atoms with Crippen LogP contribution >= 0.6 is 0 Å². The summed E-state index contributed by atoms with van der Waals surface area (Å²) in [5.74, 6) is -0.516. The second-order valence-electron chi connectivity index (χ2n) is 4.18. The van der Waals surface area contributed by atoms with Crippen molar-refractivity contribution >= 4 is 11.0 Å². The van der Waals surface area contributed by atoms with Gasteiger partial charge < -0.3 is 10.2 Å². The molecule has 2 aromatic heterocycles. The Kier molecular flexibility index (Phi) is 2.76. The molecule has 0 aliphatic heterocycles. The molecule has 1 unspecified atom stereocenters. The van der Waals surface area contributed by atoms with Crippen LogP contribution in [0, 0.1) is 11.6 Å². The predicted molar refractivity (Wildman–Crippen MR) is 66.4 cm³/mol. The molecule has 0 saturated heterocycles. The number of aromatic nitrogens is 1. The molecule has 1 atom stereocenters. The molecule has 19 heavy (non-hydrogen) atoms. The van der Waals surface area contributed by atoms with Gasteiger partial charge in [0.25, 0.3) is 0 Å². The Morgan fingerprint density at radius 2 is 2.00 bits per heavy atom. The van der Waals surface area contributed by atoms with E-state index in [9.17, 15) is 8.78 Å². The molecule has 0 amide bonds. The van der Waals surface area contributed by atoms with Gasteiger partial charge in [0, 0.05) is 11.6 Å². The minimum atomic E-state index is -0.823. The van der Waals surface area contributed by atoms with Crippen LogP contribution in [0.5, 0.6) is 0 Å². The summed E-state index contributed by atoms with van der Waals surface area (Å²) < 4.78 is 32.2. The Hall–Kier alpha value is -2.27. The average molecular weight is 260 g/mol. The fraction of sp³-hybridized carbons (Fsp3) is 0.0714. The van der Waals surface area contributed by atoms with E-state index in [1.54, 1.807) is 6.07 Å². The molecular weight excluding hydrogens is 250 g/mol. The van der Waals surface area contributed by atoms with Crippen LogP contribution in [0.25, 0.3) is 11.0 Å². The van der Waals surface area contributed by atoms with Crippen molar-refractivity contribution < 1.29 is 13.2 Å². The van der Waals surface area contributed by atoms with E-state index in [0.717, 1.165) is 0 Å². The highest BCUT2D eigenvalue weighted by Crippen LogP contribution is 2.27. The Balaban J connectivity index is 2.07. The molecule has 0 aliphatic rings. The number of furan rings is 1. The fourth-order valence-corrected chi connectivity index (χ4v) is 1.95. The quantitative estimate of drug-likeness (QED) is 0.770. The lowest BCUT2D eigenvalue weighted by Crippen LogP contribution is -2.14. The van der Waals surface area contributed by atoms with Gasteiger partial charge in [-0.2, -0.15) is 0 Å². The van der Waals surface area contributed by atoms with Crippen LogP contribution < -0.4 is 5.73 Å². The molecule has 2 N–H and O–H groups in total. The van der Waals surface area contributed by atoms with Crippen molar-refractivity contribution in [1.29, 1.82) is 0 Å². The van der Waals surface area contributed by atoms with Gasteiger partial charge in [-0.3, -0.25) is 4.98 Å². The molecule has 0 bridgehead atoms. The van der Waals surface area contributed by atoms with Crippen LogP contribution in [0.3, 0.4) is 0 Å². The van der Waals surface area contributed by atoms with Crippen molar-refractivity contribution in [3.05, 3.63) is 65.7 Å². The number of nitrogens with two attached hydrogens (primary N) is 1. The van der Waals surface area contributed by atoms with Gasteiger partial charge in [-0.25, -0.2) is 8.78 Å². The van der Waals surface area contributed by atoms with Gasteiger partial charge in [0.2, 0.25) is 0 Å². The molecule has 0 spiro atoms. The largest absolute Gasteiger partial charge is 0.459 e. The first-order chi connectivity index (χ1) is 9.15. The normalized spacial score (nSPS) is 12.8. The standard InChI is InChI=1S/C14H10F2N2O/c15-9-3-4-11-8(6-9)7-12(19-11)13(17)14-10(16)2-1-5-18-14/h1-7,13H,17H2. The highest BCUT2D eigenvalue weighted by molar-refractivity contribution is 5.78. The van der Waals surface area contributed by atoms with Gasteiger partial charge in [0.05, 0.1) is 0 Å². The van der Waals surface area contributed by atoms with Crippen LogP contribution in [0.2, 0.25) is 0 Å². The SMILES string of the molecule is NC(c1cc2cc(F)ccc2o1)c1ncccc1F. The summed E-state index contributed by atoms with van der Waals surface area (Å²) in [4.78, 5) is 3.91. The monoisotopic (exact) mass is 260 g/mol. The van der Waals surface area contributed by atoms with Crippen molar-refractivity contribution in [2.75, 3.05) is 0 Å². The highest BCUT2D eigenvalue weighted by atomic mass is 19.1. The van der Waals surface area contributed by atoms with Gasteiger partial charge in [-0.15, -0.1) is 0 Å². The summed E-state index contributed by atoms with van der Waals surface area (Å²) >= 11 is 0. The summed E-state index contributed by atoms with van der Waals surface area (Å²) in [6, 6.07) is 7.68. The van der Waals surface area contributed by atoms with Crippen LogP contribution in [0.1, 0.15) is 17.5 Å². The zero-order valence-electron chi connectivity index (χ0n) is 9.81. The summed E-state index contributed by atoms with van der Waals surface area (Å²) in [6.07, 6.45) is 1.46. The minimum Gasteiger partial charge on any atom is -0.459 e. The molecule has 3 nitrogen and oxygen atoms in total. The van der Waals surface area contributed by atoms with Crippen molar-refractivity contribution in [3.8, 4) is 0 Å². The van der Waals surface area contributed by atoms with E-state index >= 15 is 0 Å². The first-order valence-corrected chi connectivity index (χ1v) is 5.70. The number of halogens is 2. The maximum absolute atomic E-state index is 13.6. The molecular formula is C14H10F2N2O. The Morgan fingerprint density at radius 1 is 1.16 bits per heavy atom. The van der Waals surface area contributed by atoms with E-state index < -0.39 is 11.9 Å². The lowest BCUT2D eigenvalue weighted by atomic mass is 10.1. The van der Waals surface area contributed by atoms with E-state index in [1.807, 2.05) is 0 Å². The number of rotatable bonds is 2. The fourth-order valence-electron chi connectivity index (χ4n) is 1.95. The first kappa shape index (κ1) is 11.8. The number of hydrogen-bond acceptors (Lipinski definition) is 3. The predicted octanol–water partition coefficient (Wildman–Crippen LogP) is 3.15. The zero-order valence-corrected chi connectivity index (χ0v) is 9.81. The van der Waals surface area contributed by atoms with Gasteiger partial charge >= 0.3 is 0 Å². The third kappa shape index (κ3) is 2.08. The lowest BCUT2D eigenvalue weighted by Gasteiger charge is -2.08. The van der Waals surface area contributed by atoms with Crippen molar-refractivity contribution in [2.45, 2.75) is 6.04 Å². The number of pyridine rings is 1. The van der Waals surface area contributed by atoms with Crippen molar-refractivity contribution in [2.24, 2.45) is 5.73 Å². The smallest absolute Gasteiger partial charge is 0.146 e. The molecule has 0 radical (unpaired) electrons. The van der Waals surface area contributed by atoms with Gasteiger partial charge in [0.1, 0.15) is 34.7 Å². The molecule has 0 aliphatic carbocycles. The molecule has 3 aromatic rings. The molecule has 1 aromatic carbocycles. The van der Waals surface area contributed by atoms with E-state index in [2.05, 4.69) is 4.98 Å². The first-order valence-electron chi connectivity index (χ1n) is 5.70. The van der Waals surface area contributed by atoms with Crippen molar-refractivity contribution in [1.82, 2.24) is 4.98 Å². The molecule has 2 heterocycles. The van der Waals surface area contributed by atoms with E-state index in [-0.39, 0.29) is 11.5 Å². The lowest BCUT2D eigenvalue weighted by molar-refractivity contribution is 0.502. The van der Waals surface area contributed by atoms with E-state index in [4.69, 9.17) is 10.2 Å². The third-order valence-corrected chi connectivity index (χ3v) is 2.89. The second kappa shape index (κ2) is 4.44. The number of hydrogen-bond donors (Lipinski definition) is 1. The maximum Gasteiger partial charge on any atom is 0.146 e. The molecule has 96 valence electrons. The van der Waals surface area contributed by atoms with E-state index in [1.165, 1.54) is 36.5 Å². The maximum atomic E-state index is 13.6. The number of nitrogens with zero attached hydrogens (tertiary/aromatic N) is 1. The Labute approximate surface area is 107 Å². The Morgan fingerprint density at radius 3 is 2.79 bits per heavy atom. The Bertz CT molecular complexity index is 739. The van der Waals surface area contributed by atoms with E-state index in [0.29, 0.717) is 16.7 Å².